The fraction of sp³-hybridized carbons (Fsp3) is 0.500. The lowest BCUT2D eigenvalue weighted by molar-refractivity contribution is -0.143. The van der Waals surface area contributed by atoms with Gasteiger partial charge in [-0.25, -0.2) is 0 Å². The van der Waals surface area contributed by atoms with E-state index in [4.69, 9.17) is 0 Å². The second kappa shape index (κ2) is 11.5. The van der Waals surface area contributed by atoms with Crippen LogP contribution in [0, 0.1) is 0 Å². The van der Waals surface area contributed by atoms with E-state index in [9.17, 15) is 39.5 Å². The second-order valence-corrected chi connectivity index (χ2v) is 9.93. The van der Waals surface area contributed by atoms with Crippen LogP contribution in [0.1, 0.15) is 65.6 Å². The SMILES string of the molecule is CC[C@H](c1ccc(C(F)(F)F)cc1CN(Cc1cc(C(F)(F)F)cc(C(F)(F)F)c1)c1nnn(C)n1)N1CCCC1. The van der Waals surface area contributed by atoms with Crippen molar-refractivity contribution in [3.8, 4) is 0 Å². The monoisotopic (exact) mass is 594 g/mol. The lowest BCUT2D eigenvalue weighted by atomic mass is 9.94. The molecule has 4 rings (SSSR count). The van der Waals surface area contributed by atoms with E-state index in [0.717, 1.165) is 42.9 Å². The maximum Gasteiger partial charge on any atom is 0.416 e. The van der Waals surface area contributed by atoms with Crippen LogP contribution in [-0.4, -0.2) is 38.2 Å². The third-order valence-electron chi connectivity index (χ3n) is 6.96. The van der Waals surface area contributed by atoms with Gasteiger partial charge in [0.2, 0.25) is 0 Å². The van der Waals surface area contributed by atoms with Crippen molar-refractivity contribution in [2.24, 2.45) is 7.05 Å². The van der Waals surface area contributed by atoms with Gasteiger partial charge in [-0.1, -0.05) is 18.1 Å². The van der Waals surface area contributed by atoms with E-state index in [1.54, 1.807) is 0 Å². The van der Waals surface area contributed by atoms with Crippen LogP contribution in [0.15, 0.2) is 36.4 Å². The predicted molar refractivity (Wildman–Crippen MR) is 130 cm³/mol. The molecule has 1 aromatic heterocycles. The summed E-state index contributed by atoms with van der Waals surface area (Å²) in [5, 5.41) is 11.6. The Morgan fingerprint density at radius 2 is 1.39 bits per heavy atom. The van der Waals surface area contributed by atoms with Gasteiger partial charge in [0, 0.05) is 19.1 Å². The fourth-order valence-corrected chi connectivity index (χ4v) is 5.11. The number of halogens is 9. The average molecular weight is 595 g/mol. The lowest BCUT2D eigenvalue weighted by Crippen LogP contribution is -2.29. The van der Waals surface area contributed by atoms with Crippen LogP contribution in [0.4, 0.5) is 45.5 Å². The van der Waals surface area contributed by atoms with Gasteiger partial charge in [-0.05, 0) is 84.6 Å². The molecule has 1 aliphatic heterocycles. The molecule has 0 unspecified atom stereocenters. The van der Waals surface area contributed by atoms with E-state index >= 15 is 0 Å². The molecular weight excluding hydrogens is 567 g/mol. The van der Waals surface area contributed by atoms with Crippen LogP contribution in [0.5, 0.6) is 0 Å². The summed E-state index contributed by atoms with van der Waals surface area (Å²) >= 11 is 0. The Hall–Kier alpha value is -3.36. The lowest BCUT2D eigenvalue weighted by Gasteiger charge is -2.31. The number of tetrazole rings is 1. The molecular formula is C26H27F9N6. The number of aryl methyl sites for hydroxylation is 1. The van der Waals surface area contributed by atoms with Gasteiger partial charge < -0.3 is 4.90 Å². The molecule has 0 N–H and O–H groups in total. The van der Waals surface area contributed by atoms with Crippen molar-refractivity contribution in [1.82, 2.24) is 25.1 Å². The summed E-state index contributed by atoms with van der Waals surface area (Å²) in [6, 6.07) is 4.25. The van der Waals surface area contributed by atoms with E-state index in [1.165, 1.54) is 18.0 Å². The maximum absolute atomic E-state index is 13.7. The van der Waals surface area contributed by atoms with E-state index < -0.39 is 41.8 Å². The van der Waals surface area contributed by atoms with E-state index in [-0.39, 0.29) is 35.7 Å². The van der Waals surface area contributed by atoms with E-state index in [1.807, 2.05) is 6.92 Å². The number of benzene rings is 2. The van der Waals surface area contributed by atoms with Crippen molar-refractivity contribution in [3.05, 3.63) is 69.8 Å². The van der Waals surface area contributed by atoms with Gasteiger partial charge in [0.05, 0.1) is 23.7 Å². The zero-order chi connectivity index (χ0) is 30.2. The fourth-order valence-electron chi connectivity index (χ4n) is 5.11. The number of nitrogens with zero attached hydrogens (tertiary/aromatic N) is 6. The molecule has 1 fully saturated rings. The minimum absolute atomic E-state index is 0.0151. The number of hydrogen-bond donors (Lipinski definition) is 0. The van der Waals surface area contributed by atoms with Gasteiger partial charge in [0.15, 0.2) is 0 Å². The Kier molecular flexibility index (Phi) is 8.58. The normalized spacial score (nSPS) is 15.9. The summed E-state index contributed by atoms with van der Waals surface area (Å²) in [5.74, 6) is -0.170. The molecule has 1 saturated heterocycles. The topological polar surface area (TPSA) is 50.1 Å². The third-order valence-corrected chi connectivity index (χ3v) is 6.96. The molecule has 1 atom stereocenters. The van der Waals surface area contributed by atoms with Gasteiger partial charge in [-0.2, -0.15) is 44.3 Å². The molecule has 0 spiro atoms. The van der Waals surface area contributed by atoms with Crippen molar-refractivity contribution in [3.63, 3.8) is 0 Å². The van der Waals surface area contributed by atoms with Gasteiger partial charge in [0.1, 0.15) is 0 Å². The highest BCUT2D eigenvalue weighted by Crippen LogP contribution is 2.38. The minimum atomic E-state index is -5.07. The van der Waals surface area contributed by atoms with Crippen molar-refractivity contribution < 1.29 is 39.5 Å². The first kappa shape index (κ1) is 30.6. The van der Waals surface area contributed by atoms with Gasteiger partial charge >= 0.3 is 18.5 Å². The summed E-state index contributed by atoms with van der Waals surface area (Å²) in [6.07, 6.45) is -12.4. The predicted octanol–water partition coefficient (Wildman–Crippen LogP) is 7.02. The molecule has 41 heavy (non-hydrogen) atoms. The van der Waals surface area contributed by atoms with Crippen LogP contribution in [0.25, 0.3) is 0 Å². The van der Waals surface area contributed by atoms with Crippen LogP contribution in [0.3, 0.4) is 0 Å². The van der Waals surface area contributed by atoms with E-state index in [2.05, 4.69) is 20.3 Å². The largest absolute Gasteiger partial charge is 0.416 e. The van der Waals surface area contributed by atoms with Crippen molar-refractivity contribution in [2.75, 3.05) is 18.0 Å². The number of alkyl halides is 9. The summed E-state index contributed by atoms with van der Waals surface area (Å²) in [4.78, 5) is 4.40. The average Bonchev–Trinajstić information content (AvgIpc) is 3.55. The molecule has 0 aliphatic carbocycles. The Balaban J connectivity index is 1.81. The van der Waals surface area contributed by atoms with Crippen molar-refractivity contribution in [1.29, 1.82) is 0 Å². The summed E-state index contributed by atoms with van der Waals surface area (Å²) in [5.41, 5.74) is -3.54. The number of anilines is 1. The van der Waals surface area contributed by atoms with Crippen LogP contribution in [0.2, 0.25) is 0 Å². The minimum Gasteiger partial charge on any atom is -0.330 e. The van der Waals surface area contributed by atoms with Crippen LogP contribution < -0.4 is 4.90 Å². The second-order valence-electron chi connectivity index (χ2n) is 9.93. The quantitative estimate of drug-likeness (QED) is 0.263. The number of rotatable bonds is 8. The first-order valence-corrected chi connectivity index (χ1v) is 12.8. The van der Waals surface area contributed by atoms with Gasteiger partial charge in [0.25, 0.3) is 5.95 Å². The first-order chi connectivity index (χ1) is 19.1. The van der Waals surface area contributed by atoms with Crippen LogP contribution >= 0.6 is 0 Å². The van der Waals surface area contributed by atoms with Gasteiger partial charge in [-0.15, -0.1) is 5.10 Å². The number of likely N-dealkylation sites (tertiary alicyclic amines) is 1. The molecule has 0 saturated carbocycles. The molecule has 0 bridgehead atoms. The molecule has 6 nitrogen and oxygen atoms in total. The first-order valence-electron chi connectivity index (χ1n) is 12.8. The zero-order valence-corrected chi connectivity index (χ0v) is 22.1. The zero-order valence-electron chi connectivity index (χ0n) is 22.1. The summed E-state index contributed by atoms with van der Waals surface area (Å²) < 4.78 is 122. The Labute approximate surface area is 229 Å². The molecule has 3 aromatic rings. The summed E-state index contributed by atoms with van der Waals surface area (Å²) in [6.45, 7) is 2.51. The van der Waals surface area contributed by atoms with E-state index in [0.29, 0.717) is 24.1 Å². The standard InChI is InChI=1S/C26H27F9N6/c1-3-22(40-8-4-5-9-40)21-7-6-18(24(27,28)29)12-17(21)15-41(23-36-38-39(2)37-23)14-16-10-19(25(30,31)32)13-20(11-16)26(33,34)35/h6-7,10-13,22H,3-5,8-9,14-15H2,1-2H3/t22-/m1/s1. The maximum atomic E-state index is 13.7. The molecule has 2 aromatic carbocycles. The highest BCUT2D eigenvalue weighted by atomic mass is 19.4. The smallest absolute Gasteiger partial charge is 0.330 e. The molecule has 2 heterocycles. The molecule has 224 valence electrons. The molecule has 0 radical (unpaired) electrons. The molecule has 1 aliphatic rings. The third kappa shape index (κ3) is 7.29. The Bertz CT molecular complexity index is 1310. The highest BCUT2D eigenvalue weighted by molar-refractivity contribution is 5.42. The van der Waals surface area contributed by atoms with Crippen LogP contribution in [-0.2, 0) is 38.7 Å². The molecule has 0 amide bonds. The number of aromatic nitrogens is 4. The van der Waals surface area contributed by atoms with Crippen molar-refractivity contribution >= 4 is 5.95 Å². The summed E-state index contributed by atoms with van der Waals surface area (Å²) in [7, 11) is 1.40. The Morgan fingerprint density at radius 3 is 1.88 bits per heavy atom. The van der Waals surface area contributed by atoms with Crippen molar-refractivity contribution in [2.45, 2.75) is 63.8 Å². The number of hydrogen-bond acceptors (Lipinski definition) is 5. The van der Waals surface area contributed by atoms with Gasteiger partial charge in [-0.3, -0.25) is 4.90 Å². The highest BCUT2D eigenvalue weighted by Gasteiger charge is 2.37. The Morgan fingerprint density at radius 1 is 0.805 bits per heavy atom. The molecule has 15 heteroatoms.